The van der Waals surface area contributed by atoms with Crippen LogP contribution >= 0.6 is 11.3 Å². The first-order chi connectivity index (χ1) is 11.2. The summed E-state index contributed by atoms with van der Waals surface area (Å²) in [6.07, 6.45) is 4.27. The number of rotatable bonds is 5. The molecule has 2 amide bonds. The van der Waals surface area contributed by atoms with Crippen molar-refractivity contribution in [1.82, 2.24) is 15.6 Å². The molecule has 0 aromatic carbocycles. The third-order valence-electron chi connectivity index (χ3n) is 4.01. The van der Waals surface area contributed by atoms with Crippen LogP contribution in [0.4, 0.5) is 10.6 Å². The summed E-state index contributed by atoms with van der Waals surface area (Å²) >= 11 is 1.65. The fraction of sp³-hybridized carbons (Fsp3) is 0.412. The van der Waals surface area contributed by atoms with Crippen molar-refractivity contribution in [3.63, 3.8) is 0 Å². The number of nitrogens with zero attached hydrogens (tertiary/aromatic N) is 2. The van der Waals surface area contributed by atoms with Gasteiger partial charge in [0.2, 0.25) is 0 Å². The molecule has 1 atom stereocenters. The molecular weight excluding hydrogens is 308 g/mol. The first-order valence-electron chi connectivity index (χ1n) is 8.00. The highest BCUT2D eigenvalue weighted by Gasteiger charge is 2.14. The fourth-order valence-corrected chi connectivity index (χ4v) is 3.46. The highest BCUT2D eigenvalue weighted by molar-refractivity contribution is 7.10. The summed E-state index contributed by atoms with van der Waals surface area (Å²) in [5.74, 6) is 1.01. The van der Waals surface area contributed by atoms with Crippen LogP contribution in [0.2, 0.25) is 0 Å². The molecule has 0 radical (unpaired) electrons. The predicted octanol–water partition coefficient (Wildman–Crippen LogP) is 3.30. The minimum absolute atomic E-state index is 0.0209. The molecule has 0 unspecified atom stereocenters. The van der Waals surface area contributed by atoms with Gasteiger partial charge in [0.1, 0.15) is 5.82 Å². The van der Waals surface area contributed by atoms with Crippen molar-refractivity contribution in [2.24, 2.45) is 0 Å². The summed E-state index contributed by atoms with van der Waals surface area (Å²) in [6.45, 7) is 4.64. The molecule has 5 nitrogen and oxygen atoms in total. The molecule has 0 bridgehead atoms. The monoisotopic (exact) mass is 330 g/mol. The number of hydrogen-bond acceptors (Lipinski definition) is 4. The maximum absolute atomic E-state index is 12.0. The molecule has 3 rings (SSSR count). The molecule has 0 spiro atoms. The van der Waals surface area contributed by atoms with Crippen LogP contribution in [0, 0.1) is 0 Å². The van der Waals surface area contributed by atoms with Crippen LogP contribution in [0.5, 0.6) is 0 Å². The summed E-state index contributed by atoms with van der Waals surface area (Å²) in [7, 11) is 0. The van der Waals surface area contributed by atoms with Crippen molar-refractivity contribution >= 4 is 23.2 Å². The van der Waals surface area contributed by atoms with E-state index in [4.69, 9.17) is 0 Å². The van der Waals surface area contributed by atoms with E-state index in [2.05, 4.69) is 26.6 Å². The Kier molecular flexibility index (Phi) is 5.12. The standard InChI is InChI=1S/C17H22N4OS/c1-13(15-5-4-10-23-15)20-17(22)19-12-14-6-7-18-16(11-14)21-8-2-3-9-21/h4-7,10-11,13H,2-3,8-9,12H2,1H3,(H2,19,20,22)/t13-/m0/s1. The topological polar surface area (TPSA) is 57.3 Å². The van der Waals surface area contributed by atoms with Crippen LogP contribution in [0.15, 0.2) is 35.8 Å². The molecule has 2 aromatic rings. The minimum atomic E-state index is -0.148. The Hall–Kier alpha value is -2.08. The summed E-state index contributed by atoms with van der Waals surface area (Å²) in [5.41, 5.74) is 1.07. The normalized spacial score (nSPS) is 15.4. The van der Waals surface area contributed by atoms with E-state index >= 15 is 0 Å². The molecule has 23 heavy (non-hydrogen) atoms. The SMILES string of the molecule is C[C@H](NC(=O)NCc1ccnc(N2CCCC2)c1)c1cccs1. The smallest absolute Gasteiger partial charge is 0.315 e. The van der Waals surface area contributed by atoms with Crippen LogP contribution in [0.25, 0.3) is 0 Å². The zero-order valence-corrected chi connectivity index (χ0v) is 14.1. The number of thiophene rings is 1. The van der Waals surface area contributed by atoms with E-state index in [1.54, 1.807) is 11.3 Å². The van der Waals surface area contributed by atoms with E-state index < -0.39 is 0 Å². The minimum Gasteiger partial charge on any atom is -0.357 e. The maximum atomic E-state index is 12.0. The van der Waals surface area contributed by atoms with Gasteiger partial charge in [-0.05, 0) is 48.9 Å². The number of aromatic nitrogens is 1. The molecule has 1 fully saturated rings. The Balaban J connectivity index is 1.51. The van der Waals surface area contributed by atoms with Crippen molar-refractivity contribution in [3.8, 4) is 0 Å². The molecule has 1 aliphatic heterocycles. The molecule has 2 aromatic heterocycles. The predicted molar refractivity (Wildman–Crippen MR) is 93.8 cm³/mol. The van der Waals surface area contributed by atoms with Crippen molar-refractivity contribution in [2.75, 3.05) is 18.0 Å². The molecule has 6 heteroatoms. The summed E-state index contributed by atoms with van der Waals surface area (Å²) < 4.78 is 0. The summed E-state index contributed by atoms with van der Waals surface area (Å²) in [6, 6.07) is 7.91. The molecule has 1 aliphatic rings. The van der Waals surface area contributed by atoms with E-state index in [9.17, 15) is 4.79 Å². The molecule has 2 N–H and O–H groups in total. The van der Waals surface area contributed by atoms with E-state index in [0.29, 0.717) is 6.54 Å². The second-order valence-electron chi connectivity index (χ2n) is 5.78. The van der Waals surface area contributed by atoms with Crippen LogP contribution in [-0.4, -0.2) is 24.1 Å². The lowest BCUT2D eigenvalue weighted by Crippen LogP contribution is -2.36. The average Bonchev–Trinajstić information content (AvgIpc) is 3.26. The lowest BCUT2D eigenvalue weighted by Gasteiger charge is -2.17. The number of urea groups is 1. The zero-order valence-electron chi connectivity index (χ0n) is 13.3. The third kappa shape index (κ3) is 4.22. The highest BCUT2D eigenvalue weighted by Crippen LogP contribution is 2.19. The van der Waals surface area contributed by atoms with Gasteiger partial charge < -0.3 is 15.5 Å². The van der Waals surface area contributed by atoms with Gasteiger partial charge in [-0.1, -0.05) is 6.07 Å². The zero-order chi connectivity index (χ0) is 16.1. The maximum Gasteiger partial charge on any atom is 0.315 e. The second kappa shape index (κ2) is 7.46. The van der Waals surface area contributed by atoms with Gasteiger partial charge in [-0.15, -0.1) is 11.3 Å². The van der Waals surface area contributed by atoms with Crippen LogP contribution in [0.3, 0.4) is 0 Å². The number of nitrogens with one attached hydrogen (secondary N) is 2. The summed E-state index contributed by atoms with van der Waals surface area (Å²) in [4.78, 5) is 19.9. The molecule has 3 heterocycles. The first-order valence-corrected chi connectivity index (χ1v) is 8.88. The van der Waals surface area contributed by atoms with Gasteiger partial charge in [-0.2, -0.15) is 0 Å². The van der Waals surface area contributed by atoms with Crippen molar-refractivity contribution < 1.29 is 4.79 Å². The van der Waals surface area contributed by atoms with Crippen molar-refractivity contribution in [2.45, 2.75) is 32.4 Å². The molecular formula is C17H22N4OS. The number of carbonyl (C=O) groups is 1. The Morgan fingerprint density at radius 1 is 1.39 bits per heavy atom. The first kappa shape index (κ1) is 15.8. The Bertz CT molecular complexity index is 638. The highest BCUT2D eigenvalue weighted by atomic mass is 32.1. The van der Waals surface area contributed by atoms with Crippen molar-refractivity contribution in [1.29, 1.82) is 0 Å². The summed E-state index contributed by atoms with van der Waals surface area (Å²) in [5, 5.41) is 7.89. The molecule has 1 saturated heterocycles. The van der Waals surface area contributed by atoms with Crippen LogP contribution < -0.4 is 15.5 Å². The average molecular weight is 330 g/mol. The van der Waals surface area contributed by atoms with Gasteiger partial charge in [0.25, 0.3) is 0 Å². The molecule has 0 aliphatic carbocycles. The number of hydrogen-bond donors (Lipinski definition) is 2. The van der Waals surface area contributed by atoms with Crippen molar-refractivity contribution in [3.05, 3.63) is 46.3 Å². The number of carbonyl (C=O) groups excluding carboxylic acids is 1. The van der Waals surface area contributed by atoms with E-state index in [-0.39, 0.29) is 12.1 Å². The van der Waals surface area contributed by atoms with Gasteiger partial charge >= 0.3 is 6.03 Å². The van der Waals surface area contributed by atoms with E-state index in [1.807, 2.05) is 36.7 Å². The lowest BCUT2D eigenvalue weighted by atomic mass is 10.2. The number of pyridine rings is 1. The van der Waals surface area contributed by atoms with Gasteiger partial charge in [-0.3, -0.25) is 0 Å². The number of anilines is 1. The largest absolute Gasteiger partial charge is 0.357 e. The van der Waals surface area contributed by atoms with Crippen LogP contribution in [-0.2, 0) is 6.54 Å². The number of amides is 2. The van der Waals surface area contributed by atoms with E-state index in [0.717, 1.165) is 29.3 Å². The van der Waals surface area contributed by atoms with E-state index in [1.165, 1.54) is 12.8 Å². The Labute approximate surface area is 140 Å². The van der Waals surface area contributed by atoms with Gasteiger partial charge in [0.15, 0.2) is 0 Å². The molecule has 0 saturated carbocycles. The fourth-order valence-electron chi connectivity index (χ4n) is 2.73. The van der Waals surface area contributed by atoms with Gasteiger partial charge in [0.05, 0.1) is 6.04 Å². The Morgan fingerprint density at radius 3 is 2.96 bits per heavy atom. The lowest BCUT2D eigenvalue weighted by molar-refractivity contribution is 0.237. The second-order valence-corrected chi connectivity index (χ2v) is 6.76. The van der Waals surface area contributed by atoms with Crippen LogP contribution in [0.1, 0.15) is 36.2 Å². The van der Waals surface area contributed by atoms with Gasteiger partial charge in [-0.25, -0.2) is 9.78 Å². The molecule has 122 valence electrons. The Morgan fingerprint density at radius 2 is 2.22 bits per heavy atom. The quantitative estimate of drug-likeness (QED) is 0.884. The van der Waals surface area contributed by atoms with Gasteiger partial charge in [0, 0.05) is 30.7 Å². The third-order valence-corrected chi connectivity index (χ3v) is 5.07.